The molecule has 80 valence electrons. The maximum atomic E-state index is 3.84. The molecule has 0 aliphatic rings. The third kappa shape index (κ3) is 6.83. The van der Waals surface area contributed by atoms with Crippen LogP contribution in [0, 0.1) is 0 Å². The highest BCUT2D eigenvalue weighted by Crippen LogP contribution is 2.05. The zero-order valence-corrected chi connectivity index (χ0v) is 10.1. The van der Waals surface area contributed by atoms with Gasteiger partial charge in [0.05, 0.1) is 0 Å². The first kappa shape index (κ1) is 15.2. The van der Waals surface area contributed by atoms with Crippen LogP contribution in [0.5, 0.6) is 0 Å². The first-order valence-corrected chi connectivity index (χ1v) is 5.66. The van der Waals surface area contributed by atoms with Crippen LogP contribution < -0.4 is 0 Å². The lowest BCUT2D eigenvalue weighted by molar-refractivity contribution is 0.237. The molecule has 0 radical (unpaired) electrons. The Labute approximate surface area is 84.8 Å². The van der Waals surface area contributed by atoms with E-state index in [1.165, 1.54) is 19.4 Å². The number of nitrogens with zero attached hydrogens (tertiary/aromatic N) is 1. The minimum absolute atomic E-state index is 0.583. The summed E-state index contributed by atoms with van der Waals surface area (Å²) in [5, 5.41) is 0. The second kappa shape index (κ2) is 11.7. The first-order valence-electron chi connectivity index (χ1n) is 5.66. The zero-order chi connectivity index (χ0) is 10.7. The van der Waals surface area contributed by atoms with Crippen LogP contribution in [0.3, 0.4) is 0 Å². The van der Waals surface area contributed by atoms with Crippen LogP contribution in [-0.2, 0) is 0 Å². The molecule has 0 fully saturated rings. The van der Waals surface area contributed by atoms with E-state index in [-0.39, 0.29) is 0 Å². The third-order valence-electron chi connectivity index (χ3n) is 2.08. The molecule has 0 saturated heterocycles. The van der Waals surface area contributed by atoms with Crippen LogP contribution in [-0.4, -0.2) is 24.0 Å². The van der Waals surface area contributed by atoms with Gasteiger partial charge < -0.3 is 0 Å². The summed E-state index contributed by atoms with van der Waals surface area (Å²) in [5.41, 5.74) is 0. The fourth-order valence-corrected chi connectivity index (χ4v) is 1.42. The predicted octanol–water partition coefficient (Wildman–Crippen LogP) is 3.71. The highest BCUT2D eigenvalue weighted by Gasteiger charge is 2.08. The summed E-state index contributed by atoms with van der Waals surface area (Å²) in [7, 11) is 0. The molecule has 0 aromatic heterocycles. The normalized spacial score (nSPS) is 11.8. The fraction of sp³-hybridized carbons (Fsp3) is 0.833. The average Bonchev–Trinajstić information content (AvgIpc) is 2.21. The van der Waals surface area contributed by atoms with Gasteiger partial charge in [-0.25, -0.2) is 0 Å². The van der Waals surface area contributed by atoms with Crippen molar-refractivity contribution in [3.63, 3.8) is 0 Å². The lowest BCUT2D eigenvalue weighted by Crippen LogP contribution is -2.33. The van der Waals surface area contributed by atoms with Crippen LogP contribution in [0.1, 0.15) is 47.5 Å². The van der Waals surface area contributed by atoms with Crippen molar-refractivity contribution in [1.82, 2.24) is 4.90 Å². The van der Waals surface area contributed by atoms with Gasteiger partial charge in [0, 0.05) is 6.04 Å². The summed E-state index contributed by atoms with van der Waals surface area (Å²) in [6.45, 7) is 16.8. The summed E-state index contributed by atoms with van der Waals surface area (Å²) >= 11 is 0. The molecular weight excluding hydrogens is 158 g/mol. The zero-order valence-electron chi connectivity index (χ0n) is 10.1. The standard InChI is InChI=1S/C10H21N.C2H6/c1-5-9-11(8-4)10(6-2)7-3;1-2/h6,10H,2,5,7-9H2,1,3-4H3;1-2H3. The quantitative estimate of drug-likeness (QED) is 0.570. The monoisotopic (exact) mass is 185 g/mol. The van der Waals surface area contributed by atoms with Gasteiger partial charge in [0.1, 0.15) is 0 Å². The lowest BCUT2D eigenvalue weighted by atomic mass is 10.2. The molecule has 0 spiro atoms. The topological polar surface area (TPSA) is 3.24 Å². The van der Waals surface area contributed by atoms with E-state index in [0.29, 0.717) is 6.04 Å². The van der Waals surface area contributed by atoms with E-state index in [1.54, 1.807) is 0 Å². The van der Waals surface area contributed by atoms with Gasteiger partial charge in [-0.2, -0.15) is 0 Å². The molecule has 0 bridgehead atoms. The Morgan fingerprint density at radius 1 is 1.23 bits per heavy atom. The molecule has 0 rings (SSSR count). The summed E-state index contributed by atoms with van der Waals surface area (Å²) in [5.74, 6) is 0. The number of likely N-dealkylation sites (N-methyl/N-ethyl adjacent to an activating group) is 1. The van der Waals surface area contributed by atoms with Crippen LogP contribution in [0.2, 0.25) is 0 Å². The molecule has 0 heterocycles. The molecule has 0 aliphatic heterocycles. The Kier molecular flexibility index (Phi) is 13.7. The molecule has 0 aromatic carbocycles. The van der Waals surface area contributed by atoms with E-state index in [0.717, 1.165) is 6.54 Å². The summed E-state index contributed by atoms with van der Waals surface area (Å²) in [4.78, 5) is 2.47. The summed E-state index contributed by atoms with van der Waals surface area (Å²) in [6, 6.07) is 0.583. The summed E-state index contributed by atoms with van der Waals surface area (Å²) in [6.07, 6.45) is 4.47. The molecule has 1 unspecified atom stereocenters. The molecule has 0 aromatic rings. The third-order valence-corrected chi connectivity index (χ3v) is 2.08. The second-order valence-electron chi connectivity index (χ2n) is 2.84. The van der Waals surface area contributed by atoms with E-state index < -0.39 is 0 Å². The van der Waals surface area contributed by atoms with Crippen LogP contribution in [0.4, 0.5) is 0 Å². The highest BCUT2D eigenvalue weighted by atomic mass is 15.1. The van der Waals surface area contributed by atoms with Crippen molar-refractivity contribution in [2.24, 2.45) is 0 Å². The lowest BCUT2D eigenvalue weighted by Gasteiger charge is -2.26. The van der Waals surface area contributed by atoms with E-state index in [9.17, 15) is 0 Å². The molecule has 0 amide bonds. The van der Waals surface area contributed by atoms with Gasteiger partial charge in [-0.05, 0) is 25.9 Å². The maximum absolute atomic E-state index is 3.84. The van der Waals surface area contributed by atoms with Crippen molar-refractivity contribution in [3.8, 4) is 0 Å². The van der Waals surface area contributed by atoms with Gasteiger partial charge in [-0.15, -0.1) is 6.58 Å². The molecule has 0 saturated carbocycles. The minimum Gasteiger partial charge on any atom is -0.297 e. The maximum Gasteiger partial charge on any atom is 0.0272 e. The van der Waals surface area contributed by atoms with Gasteiger partial charge in [-0.1, -0.05) is 40.7 Å². The highest BCUT2D eigenvalue weighted by molar-refractivity contribution is 4.86. The van der Waals surface area contributed by atoms with E-state index in [4.69, 9.17) is 0 Å². The summed E-state index contributed by atoms with van der Waals surface area (Å²) < 4.78 is 0. The van der Waals surface area contributed by atoms with Crippen LogP contribution in [0.15, 0.2) is 12.7 Å². The molecular formula is C12H27N. The minimum atomic E-state index is 0.583. The molecule has 1 atom stereocenters. The molecule has 1 heteroatoms. The van der Waals surface area contributed by atoms with Crippen molar-refractivity contribution >= 4 is 0 Å². The first-order chi connectivity index (χ1) is 6.29. The van der Waals surface area contributed by atoms with Crippen molar-refractivity contribution < 1.29 is 0 Å². The number of hydrogen-bond acceptors (Lipinski definition) is 1. The molecule has 13 heavy (non-hydrogen) atoms. The van der Waals surface area contributed by atoms with Crippen LogP contribution in [0.25, 0.3) is 0 Å². The Hall–Kier alpha value is -0.300. The van der Waals surface area contributed by atoms with Crippen molar-refractivity contribution in [2.45, 2.75) is 53.5 Å². The van der Waals surface area contributed by atoms with Crippen molar-refractivity contribution in [3.05, 3.63) is 12.7 Å². The van der Waals surface area contributed by atoms with Gasteiger partial charge in [0.2, 0.25) is 0 Å². The second-order valence-corrected chi connectivity index (χ2v) is 2.84. The number of rotatable bonds is 6. The predicted molar refractivity (Wildman–Crippen MR) is 63.2 cm³/mol. The van der Waals surface area contributed by atoms with Crippen LogP contribution >= 0.6 is 0 Å². The SMILES string of the molecule is C=CC(CC)N(CC)CCC.CC. The Morgan fingerprint density at radius 2 is 1.77 bits per heavy atom. The fourth-order valence-electron chi connectivity index (χ4n) is 1.42. The molecule has 1 nitrogen and oxygen atoms in total. The van der Waals surface area contributed by atoms with Crippen molar-refractivity contribution in [2.75, 3.05) is 13.1 Å². The van der Waals surface area contributed by atoms with Gasteiger partial charge in [0.15, 0.2) is 0 Å². The Bertz CT molecular complexity index is 99.3. The van der Waals surface area contributed by atoms with E-state index >= 15 is 0 Å². The van der Waals surface area contributed by atoms with Gasteiger partial charge in [0.25, 0.3) is 0 Å². The Morgan fingerprint density at radius 3 is 2.00 bits per heavy atom. The molecule has 0 aliphatic carbocycles. The van der Waals surface area contributed by atoms with Crippen molar-refractivity contribution in [1.29, 1.82) is 0 Å². The Balaban J connectivity index is 0. The van der Waals surface area contributed by atoms with E-state index in [1.807, 2.05) is 13.8 Å². The average molecular weight is 185 g/mol. The smallest absolute Gasteiger partial charge is 0.0272 e. The number of hydrogen-bond donors (Lipinski definition) is 0. The molecule has 0 N–H and O–H groups in total. The van der Waals surface area contributed by atoms with Gasteiger partial charge >= 0.3 is 0 Å². The van der Waals surface area contributed by atoms with E-state index in [2.05, 4.69) is 38.3 Å². The largest absolute Gasteiger partial charge is 0.297 e. The van der Waals surface area contributed by atoms with Gasteiger partial charge in [-0.3, -0.25) is 4.90 Å².